The van der Waals surface area contributed by atoms with Crippen molar-refractivity contribution in [2.24, 2.45) is 0 Å². The summed E-state index contributed by atoms with van der Waals surface area (Å²) in [7, 11) is 0. The Labute approximate surface area is 242 Å². The van der Waals surface area contributed by atoms with Crippen LogP contribution in [0.25, 0.3) is 28.1 Å². The molecular formula is C30H32FN9O2. The predicted molar refractivity (Wildman–Crippen MR) is 157 cm³/mol. The Morgan fingerprint density at radius 3 is 2.74 bits per heavy atom. The van der Waals surface area contributed by atoms with Crippen LogP contribution < -0.4 is 10.6 Å². The SMILES string of the molecule is C=CC(=O)N1CC(C)N(c2nc(=O)n3c4nc(c(F)cc24)-c2cnnn2C/C=C\Cc2ccnc(C(C)C)c2-3)CC1C. The summed E-state index contributed by atoms with van der Waals surface area (Å²) in [6.45, 7) is 12.7. The van der Waals surface area contributed by atoms with E-state index in [1.807, 2.05) is 50.8 Å². The van der Waals surface area contributed by atoms with E-state index < -0.39 is 11.5 Å². The molecule has 6 rings (SSSR count). The second-order valence-electron chi connectivity index (χ2n) is 11.1. The van der Waals surface area contributed by atoms with E-state index in [9.17, 15) is 9.59 Å². The van der Waals surface area contributed by atoms with Crippen molar-refractivity contribution in [2.45, 2.75) is 58.7 Å². The number of halogens is 1. The molecule has 0 aliphatic carbocycles. The van der Waals surface area contributed by atoms with Crippen molar-refractivity contribution in [1.29, 1.82) is 0 Å². The summed E-state index contributed by atoms with van der Waals surface area (Å²) in [5.41, 5.74) is 2.33. The maximum Gasteiger partial charge on any atom is 0.355 e. The summed E-state index contributed by atoms with van der Waals surface area (Å²) < 4.78 is 19.1. The van der Waals surface area contributed by atoms with Crippen molar-refractivity contribution >= 4 is 22.8 Å². The second-order valence-corrected chi connectivity index (χ2v) is 11.1. The maximum absolute atomic E-state index is 16.0. The number of carbonyl (C=O) groups excluding carboxylic acids is 1. The summed E-state index contributed by atoms with van der Waals surface area (Å²) in [5.74, 6) is -0.438. The van der Waals surface area contributed by atoms with Gasteiger partial charge in [0.1, 0.15) is 17.2 Å². The predicted octanol–water partition coefficient (Wildman–Crippen LogP) is 3.42. The molecule has 0 radical (unpaired) electrons. The van der Waals surface area contributed by atoms with E-state index in [-0.39, 0.29) is 35.2 Å². The number of rotatable bonds is 3. The van der Waals surface area contributed by atoms with Gasteiger partial charge in [-0.2, -0.15) is 4.98 Å². The summed E-state index contributed by atoms with van der Waals surface area (Å²) in [4.78, 5) is 44.3. The number of carbonyl (C=O) groups is 1. The van der Waals surface area contributed by atoms with Gasteiger partial charge >= 0.3 is 5.69 Å². The molecule has 0 saturated carbocycles. The van der Waals surface area contributed by atoms with Gasteiger partial charge in [0.15, 0.2) is 11.5 Å². The van der Waals surface area contributed by atoms with E-state index in [1.54, 1.807) is 15.8 Å². The number of fused-ring (bicyclic) bond motifs is 5. The van der Waals surface area contributed by atoms with E-state index in [0.717, 1.165) is 5.56 Å². The third-order valence-electron chi connectivity index (χ3n) is 7.97. The highest BCUT2D eigenvalue weighted by molar-refractivity contribution is 5.91. The highest BCUT2D eigenvalue weighted by Crippen LogP contribution is 2.34. The molecule has 2 aliphatic heterocycles. The van der Waals surface area contributed by atoms with Gasteiger partial charge in [0.05, 0.1) is 29.5 Å². The highest BCUT2D eigenvalue weighted by Gasteiger charge is 2.34. The largest absolute Gasteiger partial charge is 0.355 e. The molecule has 2 unspecified atom stereocenters. The van der Waals surface area contributed by atoms with E-state index in [4.69, 9.17) is 4.98 Å². The lowest BCUT2D eigenvalue weighted by atomic mass is 10.0. The van der Waals surface area contributed by atoms with E-state index >= 15 is 4.39 Å². The zero-order valence-electron chi connectivity index (χ0n) is 24.0. The third-order valence-corrected chi connectivity index (χ3v) is 7.97. The molecule has 4 aromatic rings. The Kier molecular flexibility index (Phi) is 6.91. The number of pyridine rings is 2. The molecule has 2 atom stereocenters. The lowest BCUT2D eigenvalue weighted by Gasteiger charge is -2.44. The fourth-order valence-corrected chi connectivity index (χ4v) is 5.87. The first-order valence-corrected chi connectivity index (χ1v) is 14.0. The number of hydrogen-bond donors (Lipinski definition) is 0. The number of allylic oxidation sites excluding steroid dienone is 2. The zero-order valence-corrected chi connectivity index (χ0v) is 24.0. The van der Waals surface area contributed by atoms with Crippen LogP contribution in [0.4, 0.5) is 10.2 Å². The number of nitrogens with zero attached hydrogens (tertiary/aromatic N) is 9. The van der Waals surface area contributed by atoms with Gasteiger partial charge in [-0.1, -0.05) is 37.8 Å². The van der Waals surface area contributed by atoms with Crippen molar-refractivity contribution in [2.75, 3.05) is 18.0 Å². The first-order valence-electron chi connectivity index (χ1n) is 14.0. The van der Waals surface area contributed by atoms with Gasteiger partial charge in [-0.05, 0) is 50.0 Å². The normalized spacial score (nSPS) is 19.3. The minimum atomic E-state index is -0.586. The molecule has 0 N–H and O–H groups in total. The molecule has 4 aromatic heterocycles. The fourth-order valence-electron chi connectivity index (χ4n) is 5.87. The average Bonchev–Trinajstić information content (AvgIpc) is 3.43. The van der Waals surface area contributed by atoms with Crippen LogP contribution in [0.3, 0.4) is 0 Å². The molecule has 6 heterocycles. The minimum Gasteiger partial charge on any atom is -0.349 e. The highest BCUT2D eigenvalue weighted by atomic mass is 19.1. The van der Waals surface area contributed by atoms with Crippen molar-refractivity contribution in [3.05, 3.63) is 76.9 Å². The monoisotopic (exact) mass is 569 g/mol. The number of hydrogen-bond acceptors (Lipinski definition) is 8. The van der Waals surface area contributed by atoms with Crippen LogP contribution in [0.2, 0.25) is 0 Å². The quantitative estimate of drug-likeness (QED) is 0.272. The molecule has 12 heteroatoms. The Morgan fingerprint density at radius 1 is 1.17 bits per heavy atom. The summed E-state index contributed by atoms with van der Waals surface area (Å²) in [6.07, 6.45) is 8.96. The third kappa shape index (κ3) is 4.47. The molecule has 0 aromatic carbocycles. The average molecular weight is 570 g/mol. The van der Waals surface area contributed by atoms with Gasteiger partial charge in [0, 0.05) is 31.4 Å². The molecule has 1 fully saturated rings. The Balaban J connectivity index is 1.67. The van der Waals surface area contributed by atoms with Crippen molar-refractivity contribution in [1.82, 2.24) is 39.4 Å². The number of aromatic nitrogens is 7. The maximum atomic E-state index is 16.0. The summed E-state index contributed by atoms with van der Waals surface area (Å²) >= 11 is 0. The van der Waals surface area contributed by atoms with Crippen LogP contribution in [0.5, 0.6) is 0 Å². The number of piperazine rings is 1. The van der Waals surface area contributed by atoms with Gasteiger partial charge in [0.25, 0.3) is 0 Å². The first kappa shape index (κ1) is 27.4. The van der Waals surface area contributed by atoms with E-state index in [0.29, 0.717) is 54.3 Å². The standard InChI is InChI=1S/C30H32FN9O2/c1-6-24(41)37-15-19(5)38(16-18(37)4)28-21-13-22(31)26-23-14-33-36-39(23)12-8-7-9-20-10-11-32-25(17(2)3)27(20)40(29(21)34-26)30(42)35-28/h6-8,10-11,13-14,17-19H,1,9,12,15-16H2,2-5H3/b8-7-. The lowest BCUT2D eigenvalue weighted by Crippen LogP contribution is -2.58. The smallest absolute Gasteiger partial charge is 0.349 e. The number of anilines is 1. The molecule has 11 nitrogen and oxygen atoms in total. The molecular weight excluding hydrogens is 537 g/mol. The van der Waals surface area contributed by atoms with Crippen LogP contribution in [-0.4, -0.2) is 70.5 Å². The van der Waals surface area contributed by atoms with Crippen molar-refractivity contribution in [3.8, 4) is 17.1 Å². The van der Waals surface area contributed by atoms with Gasteiger partial charge < -0.3 is 9.80 Å². The van der Waals surface area contributed by atoms with Crippen LogP contribution >= 0.6 is 0 Å². The van der Waals surface area contributed by atoms with Crippen LogP contribution in [-0.2, 0) is 17.8 Å². The Hall–Kier alpha value is -4.74. The number of amides is 1. The van der Waals surface area contributed by atoms with Gasteiger partial charge in [0.2, 0.25) is 5.91 Å². The molecule has 1 saturated heterocycles. The Bertz CT molecular complexity index is 1810. The van der Waals surface area contributed by atoms with Crippen LogP contribution in [0.15, 0.2) is 54.1 Å². The Morgan fingerprint density at radius 2 is 1.98 bits per heavy atom. The van der Waals surface area contributed by atoms with E-state index in [1.165, 1.54) is 22.9 Å². The van der Waals surface area contributed by atoms with Crippen LogP contribution in [0.1, 0.15) is 44.9 Å². The fraction of sp³-hybridized carbons (Fsp3) is 0.367. The minimum absolute atomic E-state index is 0.0136. The van der Waals surface area contributed by atoms with Gasteiger partial charge in [-0.25, -0.2) is 23.4 Å². The topological polar surface area (TPSA) is 115 Å². The van der Waals surface area contributed by atoms with Gasteiger partial charge in [-0.15, -0.1) is 5.10 Å². The van der Waals surface area contributed by atoms with Crippen LogP contribution in [0, 0.1) is 5.82 Å². The summed E-state index contributed by atoms with van der Waals surface area (Å²) in [5, 5.41) is 8.52. The first-order chi connectivity index (χ1) is 20.2. The molecule has 2 bridgehead atoms. The van der Waals surface area contributed by atoms with Crippen molar-refractivity contribution < 1.29 is 9.18 Å². The molecule has 0 spiro atoms. The lowest BCUT2D eigenvalue weighted by molar-refractivity contribution is -0.128. The van der Waals surface area contributed by atoms with Gasteiger partial charge in [-0.3, -0.25) is 9.78 Å². The van der Waals surface area contributed by atoms with E-state index in [2.05, 4.69) is 26.9 Å². The molecule has 42 heavy (non-hydrogen) atoms. The van der Waals surface area contributed by atoms with Crippen molar-refractivity contribution in [3.63, 3.8) is 0 Å². The molecule has 2 aliphatic rings. The molecule has 216 valence electrons. The summed E-state index contributed by atoms with van der Waals surface area (Å²) in [6, 6.07) is 2.87. The zero-order chi connectivity index (χ0) is 29.7. The molecule has 1 amide bonds. The second kappa shape index (κ2) is 10.6.